The van der Waals surface area contributed by atoms with Crippen LogP contribution in [-0.2, 0) is 6.18 Å². The second-order valence-electron chi connectivity index (χ2n) is 5.35. The van der Waals surface area contributed by atoms with E-state index in [1.165, 1.54) is 19.1 Å². The molecule has 0 aliphatic rings. The molecule has 0 fully saturated rings. The van der Waals surface area contributed by atoms with E-state index in [4.69, 9.17) is 0 Å². The van der Waals surface area contributed by atoms with Gasteiger partial charge in [0.15, 0.2) is 0 Å². The van der Waals surface area contributed by atoms with Crippen LogP contribution in [0.15, 0.2) is 22.6 Å². The molecule has 0 bridgehead atoms. The summed E-state index contributed by atoms with van der Waals surface area (Å²) in [6, 6.07) is 3.73. The molecule has 1 aromatic carbocycles. The summed E-state index contributed by atoms with van der Waals surface area (Å²) in [5.41, 5.74) is -0.504. The topological polar surface area (TPSA) is 12.4 Å². The minimum atomic E-state index is -4.45. The van der Waals surface area contributed by atoms with Crippen LogP contribution in [0.25, 0.3) is 0 Å². The number of halogens is 4. The van der Waals surface area contributed by atoms with Crippen LogP contribution in [0.1, 0.15) is 37.5 Å². The van der Waals surface area contributed by atoms with Crippen molar-refractivity contribution in [2.45, 2.75) is 38.6 Å². The van der Waals surface area contributed by atoms with Gasteiger partial charge in [0, 0.05) is 10.3 Å². The van der Waals surface area contributed by atoms with E-state index in [-0.39, 0.29) is 21.6 Å². The van der Waals surface area contributed by atoms with Crippen LogP contribution in [0.2, 0.25) is 0 Å². The molecule has 0 amide bonds. The Morgan fingerprint density at radius 1 is 1.20 bits per heavy atom. The van der Waals surface area contributed by atoms with Crippen LogP contribution >= 0.6 is 11.9 Å². The normalized spacial score (nSPS) is 13.7. The molecule has 6 heteroatoms. The van der Waals surface area contributed by atoms with E-state index in [0.29, 0.717) is 0 Å². The molecule has 0 heterocycles. The maximum Gasteiger partial charge on any atom is 0.416 e. The number of hydrogen-bond acceptors (Lipinski definition) is 2. The summed E-state index contributed by atoms with van der Waals surface area (Å²) in [5.74, 6) is 0. The standard InChI is InChI=1S/C14H17F4NS/c1-9-10(6-5-7-11(9)14(16,17)18)12(8-15)19-20-13(2,3)4/h5-7H,8H2,1-4H3/b19-12+. The van der Waals surface area contributed by atoms with Crippen molar-refractivity contribution >= 4 is 17.7 Å². The van der Waals surface area contributed by atoms with Crippen LogP contribution in [0.5, 0.6) is 0 Å². The Labute approximate surface area is 120 Å². The van der Waals surface area contributed by atoms with Gasteiger partial charge in [-0.1, -0.05) is 12.1 Å². The maximum absolute atomic E-state index is 13.1. The predicted molar refractivity (Wildman–Crippen MR) is 76.0 cm³/mol. The van der Waals surface area contributed by atoms with Crippen molar-refractivity contribution in [3.8, 4) is 0 Å². The lowest BCUT2D eigenvalue weighted by Crippen LogP contribution is -2.14. The van der Waals surface area contributed by atoms with Crippen LogP contribution < -0.4 is 0 Å². The fourth-order valence-corrected chi connectivity index (χ4v) is 2.12. The minimum absolute atomic E-state index is 0.00547. The highest BCUT2D eigenvalue weighted by Crippen LogP contribution is 2.33. The lowest BCUT2D eigenvalue weighted by molar-refractivity contribution is -0.138. The van der Waals surface area contributed by atoms with Crippen molar-refractivity contribution in [2.24, 2.45) is 4.40 Å². The zero-order chi connectivity index (χ0) is 15.6. The first kappa shape index (κ1) is 17.0. The second-order valence-corrected chi connectivity index (χ2v) is 6.94. The number of rotatable bonds is 3. The Morgan fingerprint density at radius 3 is 2.25 bits per heavy atom. The molecule has 0 saturated carbocycles. The Bertz CT molecular complexity index is 501. The summed E-state index contributed by atoms with van der Waals surface area (Å²) in [4.78, 5) is 0. The largest absolute Gasteiger partial charge is 0.416 e. The zero-order valence-corrected chi connectivity index (χ0v) is 12.6. The van der Waals surface area contributed by atoms with Gasteiger partial charge in [-0.2, -0.15) is 13.2 Å². The summed E-state index contributed by atoms with van der Waals surface area (Å²) in [7, 11) is 0. The third-order valence-corrected chi connectivity index (χ3v) is 3.37. The summed E-state index contributed by atoms with van der Waals surface area (Å²) in [5, 5.41) is 0. The molecule has 0 aromatic heterocycles. The average Bonchev–Trinajstić information content (AvgIpc) is 2.28. The summed E-state index contributed by atoms with van der Waals surface area (Å²) in [6.45, 7) is 6.14. The quantitative estimate of drug-likeness (QED) is 0.424. The summed E-state index contributed by atoms with van der Waals surface area (Å²) in [6.07, 6.45) is -4.45. The molecule has 0 spiro atoms. The highest BCUT2D eigenvalue weighted by molar-refractivity contribution is 7.99. The Hall–Kier alpha value is -1.04. The van der Waals surface area contributed by atoms with Gasteiger partial charge in [0.05, 0.1) is 11.3 Å². The number of benzene rings is 1. The summed E-state index contributed by atoms with van der Waals surface area (Å²) >= 11 is 1.15. The van der Waals surface area contributed by atoms with E-state index in [9.17, 15) is 17.6 Å². The van der Waals surface area contributed by atoms with Gasteiger partial charge in [-0.25, -0.2) is 8.79 Å². The lowest BCUT2D eigenvalue weighted by atomic mass is 9.99. The third kappa shape index (κ3) is 4.51. The molecule has 1 nitrogen and oxygen atoms in total. The van der Waals surface area contributed by atoms with Gasteiger partial charge < -0.3 is 0 Å². The minimum Gasteiger partial charge on any atom is -0.244 e. The molecule has 0 atom stereocenters. The smallest absolute Gasteiger partial charge is 0.244 e. The molecule has 1 rings (SSSR count). The molecule has 1 aromatic rings. The zero-order valence-electron chi connectivity index (χ0n) is 11.8. The van der Waals surface area contributed by atoms with Crippen LogP contribution in [-0.4, -0.2) is 17.1 Å². The molecular formula is C14H17F4NS. The molecule has 0 saturated heterocycles. The third-order valence-electron chi connectivity index (χ3n) is 2.51. The van der Waals surface area contributed by atoms with Crippen molar-refractivity contribution in [1.29, 1.82) is 0 Å². The molecular weight excluding hydrogens is 290 g/mol. The fourth-order valence-electron chi connectivity index (χ4n) is 1.59. The molecule has 0 N–H and O–H groups in total. The van der Waals surface area contributed by atoms with Gasteiger partial charge >= 0.3 is 6.18 Å². The van der Waals surface area contributed by atoms with Gasteiger partial charge in [-0.05, 0) is 51.3 Å². The van der Waals surface area contributed by atoms with Crippen molar-refractivity contribution in [1.82, 2.24) is 0 Å². The van der Waals surface area contributed by atoms with E-state index in [1.54, 1.807) is 0 Å². The highest BCUT2D eigenvalue weighted by atomic mass is 32.2. The van der Waals surface area contributed by atoms with Crippen molar-refractivity contribution < 1.29 is 17.6 Å². The van der Waals surface area contributed by atoms with E-state index < -0.39 is 18.4 Å². The first-order valence-corrected chi connectivity index (χ1v) is 6.82. The second kappa shape index (κ2) is 6.16. The lowest BCUT2D eigenvalue weighted by Gasteiger charge is -2.16. The van der Waals surface area contributed by atoms with Crippen LogP contribution in [0, 0.1) is 6.92 Å². The monoisotopic (exact) mass is 307 g/mol. The number of nitrogens with zero attached hydrogens (tertiary/aromatic N) is 1. The number of hydrogen-bond donors (Lipinski definition) is 0. The van der Waals surface area contributed by atoms with Crippen molar-refractivity contribution in [3.63, 3.8) is 0 Å². The van der Waals surface area contributed by atoms with E-state index in [1.807, 2.05) is 20.8 Å². The molecule has 0 aliphatic heterocycles. The Morgan fingerprint density at radius 2 is 1.80 bits per heavy atom. The fraction of sp³-hybridized carbons (Fsp3) is 0.500. The van der Waals surface area contributed by atoms with Crippen LogP contribution in [0.4, 0.5) is 17.6 Å². The summed E-state index contributed by atoms with van der Waals surface area (Å²) < 4.78 is 55.4. The van der Waals surface area contributed by atoms with Gasteiger partial charge in [-0.15, -0.1) is 0 Å². The maximum atomic E-state index is 13.1. The van der Waals surface area contributed by atoms with Gasteiger partial charge in [-0.3, -0.25) is 0 Å². The van der Waals surface area contributed by atoms with Crippen LogP contribution in [0.3, 0.4) is 0 Å². The predicted octanol–water partition coefficient (Wildman–Crippen LogP) is 5.22. The van der Waals surface area contributed by atoms with Crippen molar-refractivity contribution in [3.05, 3.63) is 34.9 Å². The van der Waals surface area contributed by atoms with Gasteiger partial charge in [0.1, 0.15) is 6.67 Å². The molecule has 0 unspecified atom stereocenters. The van der Waals surface area contributed by atoms with Crippen molar-refractivity contribution in [2.75, 3.05) is 6.67 Å². The first-order valence-electron chi connectivity index (χ1n) is 6.04. The number of alkyl halides is 4. The Kier molecular flexibility index (Phi) is 5.24. The van der Waals surface area contributed by atoms with Gasteiger partial charge in [0.25, 0.3) is 0 Å². The average molecular weight is 307 g/mol. The molecule has 112 valence electrons. The SMILES string of the molecule is Cc1c(/C(CF)=N/SC(C)(C)C)cccc1C(F)(F)F. The van der Waals surface area contributed by atoms with Gasteiger partial charge in [0.2, 0.25) is 0 Å². The highest BCUT2D eigenvalue weighted by Gasteiger charge is 2.33. The van der Waals surface area contributed by atoms with E-state index in [2.05, 4.69) is 4.40 Å². The molecule has 0 radical (unpaired) electrons. The van der Waals surface area contributed by atoms with E-state index in [0.717, 1.165) is 18.0 Å². The first-order chi connectivity index (χ1) is 9.06. The molecule has 20 heavy (non-hydrogen) atoms. The van der Waals surface area contributed by atoms with E-state index >= 15 is 0 Å². The molecule has 0 aliphatic carbocycles. The Balaban J connectivity index is 3.24.